The summed E-state index contributed by atoms with van der Waals surface area (Å²) >= 11 is 6.29. The van der Waals surface area contributed by atoms with E-state index in [1.54, 1.807) is 6.33 Å². The number of aromatic nitrogens is 3. The predicted octanol–water partition coefficient (Wildman–Crippen LogP) is 2.18. The Labute approximate surface area is 175 Å². The van der Waals surface area contributed by atoms with E-state index in [4.69, 9.17) is 16.3 Å². The van der Waals surface area contributed by atoms with Crippen molar-refractivity contribution in [3.63, 3.8) is 0 Å². The van der Waals surface area contributed by atoms with E-state index in [1.807, 2.05) is 13.8 Å². The summed E-state index contributed by atoms with van der Waals surface area (Å²) in [4.78, 5) is 20.2. The largest absolute Gasteiger partial charge is 0.378 e. The summed E-state index contributed by atoms with van der Waals surface area (Å²) in [7, 11) is 0. The fraction of sp³-hybridized carbons (Fsp3) is 0.500. The van der Waals surface area contributed by atoms with Gasteiger partial charge in [0.15, 0.2) is 0 Å². The van der Waals surface area contributed by atoms with Crippen molar-refractivity contribution in [1.82, 2.24) is 15.0 Å². The van der Waals surface area contributed by atoms with Gasteiger partial charge in [-0.25, -0.2) is 15.0 Å². The number of nitriles is 1. The lowest BCUT2D eigenvalue weighted by Gasteiger charge is -2.37. The van der Waals surface area contributed by atoms with Gasteiger partial charge in [-0.3, -0.25) is 0 Å². The van der Waals surface area contributed by atoms with Gasteiger partial charge in [0.25, 0.3) is 0 Å². The lowest BCUT2D eigenvalue weighted by atomic mass is 10.1. The number of nitrogens with zero attached hydrogens (tertiary/aromatic N) is 7. The van der Waals surface area contributed by atoms with Crippen LogP contribution in [0.2, 0.25) is 5.02 Å². The van der Waals surface area contributed by atoms with Crippen LogP contribution in [0.4, 0.5) is 17.5 Å². The zero-order valence-electron chi connectivity index (χ0n) is 16.7. The number of hydrogen-bond acceptors (Lipinski definition) is 8. The summed E-state index contributed by atoms with van der Waals surface area (Å²) in [5.41, 5.74) is 2.11. The minimum absolute atomic E-state index is 0.561. The standard InChI is InChI=1S/C20H24ClN7O/c1-14-16(12-22)20(25-15(2)19(14)21)28-5-3-26(4-6-28)17-11-18(24-13-23-17)27-7-9-29-10-8-27/h11,13H,3-10H2,1-2H3. The first kappa shape index (κ1) is 19.7. The van der Waals surface area contributed by atoms with E-state index in [2.05, 4.69) is 41.8 Å². The molecule has 0 unspecified atom stereocenters. The van der Waals surface area contributed by atoms with Crippen LogP contribution in [0.3, 0.4) is 0 Å². The number of morpholine rings is 1. The SMILES string of the molecule is Cc1nc(N2CCN(c3cc(N4CCOCC4)ncn3)CC2)c(C#N)c(C)c1Cl. The number of piperazine rings is 1. The molecule has 0 saturated carbocycles. The smallest absolute Gasteiger partial charge is 0.147 e. The molecule has 0 N–H and O–H groups in total. The van der Waals surface area contributed by atoms with Crippen LogP contribution in [0.25, 0.3) is 0 Å². The average Bonchev–Trinajstić information content (AvgIpc) is 2.78. The first-order valence-electron chi connectivity index (χ1n) is 9.80. The van der Waals surface area contributed by atoms with E-state index in [-0.39, 0.29) is 0 Å². The van der Waals surface area contributed by atoms with Crippen LogP contribution in [-0.2, 0) is 4.74 Å². The van der Waals surface area contributed by atoms with E-state index in [0.717, 1.165) is 81.2 Å². The van der Waals surface area contributed by atoms with Crippen LogP contribution in [0.15, 0.2) is 12.4 Å². The Morgan fingerprint density at radius 1 is 0.966 bits per heavy atom. The fourth-order valence-corrected chi connectivity index (χ4v) is 3.93. The molecule has 29 heavy (non-hydrogen) atoms. The second-order valence-corrected chi connectivity index (χ2v) is 7.63. The maximum atomic E-state index is 9.61. The molecule has 2 fully saturated rings. The van der Waals surface area contributed by atoms with Gasteiger partial charge in [-0.15, -0.1) is 0 Å². The number of rotatable bonds is 3. The van der Waals surface area contributed by atoms with Crippen molar-refractivity contribution >= 4 is 29.1 Å². The summed E-state index contributed by atoms with van der Waals surface area (Å²) in [6.07, 6.45) is 1.63. The van der Waals surface area contributed by atoms with Crippen LogP contribution in [-0.4, -0.2) is 67.4 Å². The maximum Gasteiger partial charge on any atom is 0.147 e. The normalized spacial score (nSPS) is 17.4. The molecule has 4 heterocycles. The molecule has 9 heteroatoms. The van der Waals surface area contributed by atoms with E-state index in [1.165, 1.54) is 0 Å². The van der Waals surface area contributed by atoms with Crippen LogP contribution < -0.4 is 14.7 Å². The molecule has 4 rings (SSSR count). The van der Waals surface area contributed by atoms with Gasteiger partial charge in [0, 0.05) is 45.3 Å². The second kappa shape index (κ2) is 8.39. The number of aryl methyl sites for hydroxylation is 1. The summed E-state index contributed by atoms with van der Waals surface area (Å²) in [5, 5.41) is 10.2. The summed E-state index contributed by atoms with van der Waals surface area (Å²) in [6, 6.07) is 4.33. The van der Waals surface area contributed by atoms with Crippen LogP contribution in [0.5, 0.6) is 0 Å². The quantitative estimate of drug-likeness (QED) is 0.757. The van der Waals surface area contributed by atoms with Crippen LogP contribution in [0.1, 0.15) is 16.8 Å². The van der Waals surface area contributed by atoms with Gasteiger partial charge in [0.05, 0.1) is 29.5 Å². The molecular weight excluding hydrogens is 390 g/mol. The lowest BCUT2D eigenvalue weighted by Crippen LogP contribution is -2.47. The molecular formula is C20H24ClN7O. The molecule has 8 nitrogen and oxygen atoms in total. The van der Waals surface area contributed by atoms with Gasteiger partial charge in [-0.05, 0) is 19.4 Å². The topological polar surface area (TPSA) is 81.4 Å². The molecule has 2 aliphatic rings. The van der Waals surface area contributed by atoms with Crippen molar-refractivity contribution < 1.29 is 4.74 Å². The number of halogens is 1. The molecule has 2 aromatic rings. The van der Waals surface area contributed by atoms with Gasteiger partial charge in [0.1, 0.15) is 29.9 Å². The highest BCUT2D eigenvalue weighted by atomic mass is 35.5. The number of anilines is 3. The first-order chi connectivity index (χ1) is 14.1. The van der Waals surface area contributed by atoms with E-state index >= 15 is 0 Å². The zero-order valence-corrected chi connectivity index (χ0v) is 17.5. The minimum Gasteiger partial charge on any atom is -0.378 e. The van der Waals surface area contributed by atoms with Gasteiger partial charge in [-0.1, -0.05) is 11.6 Å². The van der Waals surface area contributed by atoms with Crippen molar-refractivity contribution in [2.45, 2.75) is 13.8 Å². The molecule has 152 valence electrons. The fourth-order valence-electron chi connectivity index (χ4n) is 3.80. The zero-order chi connectivity index (χ0) is 20.4. The highest BCUT2D eigenvalue weighted by molar-refractivity contribution is 6.32. The lowest BCUT2D eigenvalue weighted by molar-refractivity contribution is 0.122. The molecule has 0 aromatic carbocycles. The number of hydrogen-bond donors (Lipinski definition) is 0. The monoisotopic (exact) mass is 413 g/mol. The molecule has 2 saturated heterocycles. The van der Waals surface area contributed by atoms with Crippen LogP contribution >= 0.6 is 11.6 Å². The van der Waals surface area contributed by atoms with Crippen molar-refractivity contribution in [3.8, 4) is 6.07 Å². The molecule has 0 amide bonds. The van der Waals surface area contributed by atoms with E-state index in [0.29, 0.717) is 10.6 Å². The third-order valence-corrected chi connectivity index (χ3v) is 6.06. The third kappa shape index (κ3) is 3.93. The minimum atomic E-state index is 0.561. The third-order valence-electron chi connectivity index (χ3n) is 5.51. The van der Waals surface area contributed by atoms with Crippen molar-refractivity contribution in [1.29, 1.82) is 5.26 Å². The Kier molecular flexibility index (Phi) is 5.69. The van der Waals surface area contributed by atoms with Gasteiger partial charge < -0.3 is 19.4 Å². The Balaban J connectivity index is 1.49. The predicted molar refractivity (Wildman–Crippen MR) is 113 cm³/mol. The van der Waals surface area contributed by atoms with E-state index in [9.17, 15) is 5.26 Å². The average molecular weight is 414 g/mol. The van der Waals surface area contributed by atoms with Crippen molar-refractivity contribution in [2.75, 3.05) is 67.2 Å². The molecule has 2 aromatic heterocycles. The molecule has 0 atom stereocenters. The second-order valence-electron chi connectivity index (χ2n) is 7.25. The number of pyridine rings is 1. The van der Waals surface area contributed by atoms with Crippen molar-refractivity contribution in [3.05, 3.63) is 34.2 Å². The summed E-state index contributed by atoms with van der Waals surface area (Å²) < 4.78 is 5.43. The Morgan fingerprint density at radius 2 is 1.55 bits per heavy atom. The van der Waals surface area contributed by atoms with E-state index < -0.39 is 0 Å². The molecule has 0 radical (unpaired) electrons. The molecule has 2 aliphatic heterocycles. The van der Waals surface area contributed by atoms with Gasteiger partial charge in [0.2, 0.25) is 0 Å². The maximum absolute atomic E-state index is 9.61. The molecule has 0 spiro atoms. The Hall–Kier alpha value is -2.63. The van der Waals surface area contributed by atoms with Gasteiger partial charge >= 0.3 is 0 Å². The highest BCUT2D eigenvalue weighted by Gasteiger charge is 2.24. The Bertz CT molecular complexity index is 931. The summed E-state index contributed by atoms with van der Waals surface area (Å²) in [6.45, 7) is 10.0. The number of ether oxygens (including phenoxy) is 1. The first-order valence-corrected chi connectivity index (χ1v) is 10.2. The molecule has 0 bridgehead atoms. The van der Waals surface area contributed by atoms with Gasteiger partial charge in [-0.2, -0.15) is 5.26 Å². The highest BCUT2D eigenvalue weighted by Crippen LogP contribution is 2.30. The Morgan fingerprint density at radius 3 is 2.17 bits per heavy atom. The summed E-state index contributed by atoms with van der Waals surface area (Å²) in [5.74, 6) is 2.60. The van der Waals surface area contributed by atoms with Crippen LogP contribution in [0, 0.1) is 25.2 Å². The van der Waals surface area contributed by atoms with Crippen molar-refractivity contribution in [2.24, 2.45) is 0 Å². The molecule has 0 aliphatic carbocycles.